The summed E-state index contributed by atoms with van der Waals surface area (Å²) in [5.74, 6) is 0.630. The Labute approximate surface area is 216 Å². The number of amides is 1. The highest BCUT2D eigenvalue weighted by Crippen LogP contribution is 2.30. The van der Waals surface area contributed by atoms with E-state index in [2.05, 4.69) is 46.9 Å². The minimum Gasteiger partial charge on any atom is -0.378 e. The first kappa shape index (κ1) is 23.3. The van der Waals surface area contributed by atoms with Crippen molar-refractivity contribution in [1.29, 1.82) is 0 Å². The minimum atomic E-state index is -0.0124. The van der Waals surface area contributed by atoms with Gasteiger partial charge in [0.15, 0.2) is 5.65 Å². The Balaban J connectivity index is 1.15. The SMILES string of the molecule is O=C(NCC1COCCN1)[C@@H]1CC[C@@H](Nc2ncc3c(Br)nn(-c4ccc5ncccc5c4)c3n2)C1. The van der Waals surface area contributed by atoms with Gasteiger partial charge >= 0.3 is 0 Å². The highest BCUT2D eigenvalue weighted by Gasteiger charge is 2.31. The Morgan fingerprint density at radius 2 is 2.19 bits per heavy atom. The maximum atomic E-state index is 12.7. The summed E-state index contributed by atoms with van der Waals surface area (Å²) in [7, 11) is 0. The number of hydrogen-bond acceptors (Lipinski definition) is 8. The number of ether oxygens (including phenoxy) is 1. The molecule has 1 saturated carbocycles. The fraction of sp³-hybridized carbons (Fsp3) is 0.400. The van der Waals surface area contributed by atoms with Gasteiger partial charge in [-0.2, -0.15) is 10.1 Å². The highest BCUT2D eigenvalue weighted by atomic mass is 79.9. The number of pyridine rings is 1. The van der Waals surface area contributed by atoms with Crippen LogP contribution in [0.5, 0.6) is 0 Å². The molecule has 0 bridgehead atoms. The first-order valence-electron chi connectivity index (χ1n) is 12.3. The van der Waals surface area contributed by atoms with Gasteiger partial charge in [0.2, 0.25) is 11.9 Å². The third kappa shape index (κ3) is 4.78. The molecule has 10 nitrogen and oxygen atoms in total. The molecule has 1 aliphatic carbocycles. The number of carbonyl (C=O) groups is 1. The first-order valence-corrected chi connectivity index (χ1v) is 13.0. The van der Waals surface area contributed by atoms with Gasteiger partial charge in [-0.15, -0.1) is 0 Å². The predicted molar refractivity (Wildman–Crippen MR) is 140 cm³/mol. The lowest BCUT2D eigenvalue weighted by Crippen LogP contribution is -2.49. The Morgan fingerprint density at radius 1 is 1.25 bits per heavy atom. The quantitative estimate of drug-likeness (QED) is 0.335. The molecule has 186 valence electrons. The molecule has 3 aromatic heterocycles. The summed E-state index contributed by atoms with van der Waals surface area (Å²) >= 11 is 3.54. The fourth-order valence-electron chi connectivity index (χ4n) is 4.97. The maximum Gasteiger partial charge on any atom is 0.224 e. The lowest BCUT2D eigenvalue weighted by molar-refractivity contribution is -0.125. The van der Waals surface area contributed by atoms with E-state index in [1.807, 2.05) is 35.0 Å². The van der Waals surface area contributed by atoms with Crippen LogP contribution in [0.3, 0.4) is 0 Å². The predicted octanol–water partition coefficient (Wildman–Crippen LogP) is 2.81. The molecule has 0 radical (unpaired) electrons. The number of nitrogens with one attached hydrogen (secondary N) is 3. The monoisotopic (exact) mass is 550 g/mol. The number of carbonyl (C=O) groups excluding carboxylic acids is 1. The smallest absolute Gasteiger partial charge is 0.224 e. The normalized spacial score (nSPS) is 22.2. The van der Waals surface area contributed by atoms with Crippen LogP contribution >= 0.6 is 15.9 Å². The van der Waals surface area contributed by atoms with Crippen molar-refractivity contribution >= 4 is 49.7 Å². The Hall–Kier alpha value is -3.15. The molecule has 3 N–H and O–H groups in total. The van der Waals surface area contributed by atoms with E-state index in [4.69, 9.17) is 9.72 Å². The van der Waals surface area contributed by atoms with E-state index in [0.717, 1.165) is 54.4 Å². The van der Waals surface area contributed by atoms with Crippen LogP contribution in [-0.4, -0.2) is 69.0 Å². The summed E-state index contributed by atoms with van der Waals surface area (Å²) in [6.45, 7) is 2.79. The van der Waals surface area contributed by atoms with Crippen LogP contribution < -0.4 is 16.0 Å². The van der Waals surface area contributed by atoms with E-state index in [0.29, 0.717) is 29.4 Å². The second-order valence-electron chi connectivity index (χ2n) is 9.34. The van der Waals surface area contributed by atoms with Gasteiger partial charge in [-0.25, -0.2) is 9.67 Å². The molecule has 4 aromatic rings. The van der Waals surface area contributed by atoms with Gasteiger partial charge in [-0.1, -0.05) is 6.07 Å². The van der Waals surface area contributed by atoms with E-state index < -0.39 is 0 Å². The number of benzene rings is 1. The van der Waals surface area contributed by atoms with Gasteiger partial charge in [0.05, 0.1) is 29.8 Å². The summed E-state index contributed by atoms with van der Waals surface area (Å²) in [6, 6.07) is 10.3. The van der Waals surface area contributed by atoms with Crippen molar-refractivity contribution in [3.63, 3.8) is 0 Å². The molecule has 1 unspecified atom stereocenters. The molecule has 1 amide bonds. The molecule has 36 heavy (non-hydrogen) atoms. The summed E-state index contributed by atoms with van der Waals surface area (Å²) in [5, 5.41) is 16.4. The summed E-state index contributed by atoms with van der Waals surface area (Å²) in [4.78, 5) is 26.4. The van der Waals surface area contributed by atoms with Crippen LogP contribution in [0.4, 0.5) is 5.95 Å². The Bertz CT molecular complexity index is 1400. The molecule has 1 aromatic carbocycles. The van der Waals surface area contributed by atoms with Gasteiger partial charge in [0, 0.05) is 48.9 Å². The van der Waals surface area contributed by atoms with Crippen LogP contribution in [0, 0.1) is 5.92 Å². The minimum absolute atomic E-state index is 0.0124. The van der Waals surface area contributed by atoms with Gasteiger partial charge in [-0.05, 0) is 59.5 Å². The van der Waals surface area contributed by atoms with E-state index in [1.165, 1.54) is 0 Å². The third-order valence-electron chi connectivity index (χ3n) is 6.87. The molecule has 4 heterocycles. The van der Waals surface area contributed by atoms with Crippen LogP contribution in [0.15, 0.2) is 47.3 Å². The zero-order valence-electron chi connectivity index (χ0n) is 19.7. The number of anilines is 1. The van der Waals surface area contributed by atoms with Crippen molar-refractivity contribution in [3.05, 3.63) is 47.3 Å². The van der Waals surface area contributed by atoms with E-state index in [1.54, 1.807) is 12.4 Å². The molecule has 3 atom stereocenters. The van der Waals surface area contributed by atoms with Crippen molar-refractivity contribution in [3.8, 4) is 5.69 Å². The molecule has 1 saturated heterocycles. The lowest BCUT2D eigenvalue weighted by Gasteiger charge is -2.24. The molecular formula is C25H27BrN8O2. The van der Waals surface area contributed by atoms with Gasteiger partial charge < -0.3 is 20.7 Å². The summed E-state index contributed by atoms with van der Waals surface area (Å²) in [5.41, 5.74) is 2.53. The van der Waals surface area contributed by atoms with E-state index in [-0.39, 0.29) is 23.9 Å². The van der Waals surface area contributed by atoms with Crippen LogP contribution in [-0.2, 0) is 9.53 Å². The van der Waals surface area contributed by atoms with Gasteiger partial charge in [-0.3, -0.25) is 9.78 Å². The van der Waals surface area contributed by atoms with Crippen molar-refractivity contribution in [2.24, 2.45) is 5.92 Å². The number of aromatic nitrogens is 5. The zero-order valence-corrected chi connectivity index (χ0v) is 21.2. The first-order chi connectivity index (χ1) is 17.6. The standard InChI is InChI=1S/C25H27BrN8O2/c26-22-20-13-30-25(31-17-4-3-16(10-17)24(35)29-12-18-14-36-9-8-27-18)32-23(20)34(33-22)19-5-6-21-15(11-19)2-1-7-28-21/h1-2,5-7,11,13,16-18,27H,3-4,8-10,12,14H2,(H,29,35)(H,30,31,32)/t16-,17-,18?/m1/s1. The molecule has 1 aliphatic heterocycles. The van der Waals surface area contributed by atoms with E-state index in [9.17, 15) is 4.79 Å². The number of halogens is 1. The molecule has 0 spiro atoms. The molecule has 6 rings (SSSR count). The second-order valence-corrected chi connectivity index (χ2v) is 10.1. The molecule has 11 heteroatoms. The molecular weight excluding hydrogens is 524 g/mol. The van der Waals surface area contributed by atoms with E-state index >= 15 is 0 Å². The Kier molecular flexibility index (Phi) is 6.51. The number of hydrogen-bond donors (Lipinski definition) is 3. The van der Waals surface area contributed by atoms with Gasteiger partial charge in [0.1, 0.15) is 4.60 Å². The lowest BCUT2D eigenvalue weighted by atomic mass is 10.1. The fourth-order valence-corrected chi connectivity index (χ4v) is 5.40. The molecule has 2 aliphatic rings. The molecule has 2 fully saturated rings. The maximum absolute atomic E-state index is 12.7. The van der Waals surface area contributed by atoms with Crippen LogP contribution in [0.1, 0.15) is 19.3 Å². The van der Waals surface area contributed by atoms with Crippen molar-refractivity contribution in [1.82, 2.24) is 35.4 Å². The van der Waals surface area contributed by atoms with Crippen LogP contribution in [0.2, 0.25) is 0 Å². The average Bonchev–Trinajstić information content (AvgIpc) is 3.52. The zero-order chi connectivity index (χ0) is 24.5. The topological polar surface area (TPSA) is 119 Å². The average molecular weight is 551 g/mol. The third-order valence-corrected chi connectivity index (χ3v) is 7.45. The summed E-state index contributed by atoms with van der Waals surface area (Å²) < 4.78 is 7.96. The summed E-state index contributed by atoms with van der Waals surface area (Å²) in [6.07, 6.45) is 6.05. The number of rotatable bonds is 6. The largest absolute Gasteiger partial charge is 0.378 e. The Morgan fingerprint density at radius 3 is 3.08 bits per heavy atom. The number of fused-ring (bicyclic) bond motifs is 2. The highest BCUT2D eigenvalue weighted by molar-refractivity contribution is 9.10. The van der Waals surface area contributed by atoms with Crippen molar-refractivity contribution < 1.29 is 9.53 Å². The number of nitrogens with zero attached hydrogens (tertiary/aromatic N) is 5. The second kappa shape index (κ2) is 10.1. The van der Waals surface area contributed by atoms with Crippen molar-refractivity contribution in [2.45, 2.75) is 31.3 Å². The van der Waals surface area contributed by atoms with Gasteiger partial charge in [0.25, 0.3) is 0 Å². The van der Waals surface area contributed by atoms with Crippen LogP contribution in [0.25, 0.3) is 27.6 Å². The van der Waals surface area contributed by atoms with Crippen molar-refractivity contribution in [2.75, 3.05) is 31.6 Å². The number of morpholine rings is 1.